The van der Waals surface area contributed by atoms with Crippen LogP contribution in [-0.2, 0) is 11.3 Å². The molecule has 0 aromatic carbocycles. The van der Waals surface area contributed by atoms with Gasteiger partial charge in [-0.15, -0.1) is 0 Å². The van der Waals surface area contributed by atoms with Crippen LogP contribution in [0.15, 0.2) is 18.7 Å². The van der Waals surface area contributed by atoms with Crippen LogP contribution >= 0.6 is 0 Å². The number of imidazole rings is 1. The molecule has 3 rings (SSSR count). The molecule has 98 valence electrons. The molecular formula is C14H21N3O. The molecule has 1 saturated heterocycles. The molecule has 4 heteroatoms. The number of ketones is 1. The fourth-order valence-corrected chi connectivity index (χ4v) is 3.50. The Labute approximate surface area is 108 Å². The Kier molecular flexibility index (Phi) is 3.46. The highest BCUT2D eigenvalue weighted by Crippen LogP contribution is 2.33. The second-order valence-electron chi connectivity index (χ2n) is 5.51. The van der Waals surface area contributed by atoms with Gasteiger partial charge in [0.25, 0.3) is 0 Å². The van der Waals surface area contributed by atoms with Crippen molar-refractivity contribution in [1.82, 2.24) is 14.5 Å². The van der Waals surface area contributed by atoms with Crippen LogP contribution in [0.4, 0.5) is 0 Å². The molecule has 0 radical (unpaired) electrons. The standard InChI is InChI=1S/C14H21N3O/c18-14-5-1-3-12(14)13-4-2-7-17(13)10-9-16-8-6-15-11-16/h6,8,11-13H,1-5,7,9-10H2. The first kappa shape index (κ1) is 11.9. The van der Waals surface area contributed by atoms with Gasteiger partial charge in [-0.1, -0.05) is 0 Å². The van der Waals surface area contributed by atoms with Crippen molar-refractivity contribution in [1.29, 1.82) is 0 Å². The first-order valence-electron chi connectivity index (χ1n) is 7.07. The zero-order chi connectivity index (χ0) is 12.4. The smallest absolute Gasteiger partial charge is 0.137 e. The summed E-state index contributed by atoms with van der Waals surface area (Å²) in [7, 11) is 0. The van der Waals surface area contributed by atoms with E-state index in [0.717, 1.165) is 38.9 Å². The fourth-order valence-electron chi connectivity index (χ4n) is 3.50. The summed E-state index contributed by atoms with van der Waals surface area (Å²) in [5.41, 5.74) is 0. The van der Waals surface area contributed by atoms with E-state index < -0.39 is 0 Å². The maximum absolute atomic E-state index is 11.9. The van der Waals surface area contributed by atoms with E-state index in [0.29, 0.717) is 17.7 Å². The van der Waals surface area contributed by atoms with Gasteiger partial charge in [0, 0.05) is 43.9 Å². The Bertz CT molecular complexity index is 401. The third-order valence-electron chi connectivity index (χ3n) is 4.44. The first-order valence-corrected chi connectivity index (χ1v) is 7.07. The molecule has 2 aliphatic rings. The quantitative estimate of drug-likeness (QED) is 0.813. The highest BCUT2D eigenvalue weighted by atomic mass is 16.1. The van der Waals surface area contributed by atoms with Crippen molar-refractivity contribution < 1.29 is 4.79 Å². The van der Waals surface area contributed by atoms with Crippen LogP contribution in [0.5, 0.6) is 0 Å². The Hall–Kier alpha value is -1.16. The van der Waals surface area contributed by atoms with Gasteiger partial charge in [-0.05, 0) is 32.2 Å². The van der Waals surface area contributed by atoms with Crippen LogP contribution in [0.25, 0.3) is 0 Å². The minimum Gasteiger partial charge on any atom is -0.336 e. The molecule has 0 amide bonds. The number of nitrogens with zero attached hydrogens (tertiary/aromatic N) is 3. The van der Waals surface area contributed by atoms with Crippen molar-refractivity contribution in [3.63, 3.8) is 0 Å². The van der Waals surface area contributed by atoms with E-state index in [2.05, 4.69) is 14.5 Å². The molecule has 1 aromatic rings. The molecule has 2 fully saturated rings. The molecule has 1 aliphatic carbocycles. The second-order valence-corrected chi connectivity index (χ2v) is 5.51. The molecule has 18 heavy (non-hydrogen) atoms. The van der Waals surface area contributed by atoms with Gasteiger partial charge in [0.2, 0.25) is 0 Å². The average Bonchev–Trinajstić information content (AvgIpc) is 3.06. The van der Waals surface area contributed by atoms with Crippen molar-refractivity contribution in [3.8, 4) is 0 Å². The van der Waals surface area contributed by atoms with Gasteiger partial charge < -0.3 is 4.57 Å². The molecule has 2 atom stereocenters. The van der Waals surface area contributed by atoms with Crippen molar-refractivity contribution in [3.05, 3.63) is 18.7 Å². The van der Waals surface area contributed by atoms with Crippen LogP contribution in [0.3, 0.4) is 0 Å². The number of carbonyl (C=O) groups excluding carboxylic acids is 1. The topological polar surface area (TPSA) is 38.1 Å². The summed E-state index contributed by atoms with van der Waals surface area (Å²) in [4.78, 5) is 18.5. The van der Waals surface area contributed by atoms with Crippen molar-refractivity contribution in [2.75, 3.05) is 13.1 Å². The van der Waals surface area contributed by atoms with E-state index in [4.69, 9.17) is 0 Å². The number of likely N-dealkylation sites (tertiary alicyclic amines) is 1. The van der Waals surface area contributed by atoms with Crippen LogP contribution < -0.4 is 0 Å². The monoisotopic (exact) mass is 247 g/mol. The molecule has 1 aromatic heterocycles. The summed E-state index contributed by atoms with van der Waals surface area (Å²) < 4.78 is 2.12. The third-order valence-corrected chi connectivity index (χ3v) is 4.44. The molecular weight excluding hydrogens is 226 g/mol. The average molecular weight is 247 g/mol. The van der Waals surface area contributed by atoms with Gasteiger partial charge in [0.15, 0.2) is 0 Å². The number of hydrogen-bond donors (Lipinski definition) is 0. The van der Waals surface area contributed by atoms with E-state index in [9.17, 15) is 4.79 Å². The zero-order valence-corrected chi connectivity index (χ0v) is 10.8. The van der Waals surface area contributed by atoms with Gasteiger partial charge in [-0.25, -0.2) is 4.98 Å². The predicted molar refractivity (Wildman–Crippen MR) is 69.2 cm³/mol. The molecule has 2 heterocycles. The van der Waals surface area contributed by atoms with Crippen LogP contribution in [-0.4, -0.2) is 39.4 Å². The minimum absolute atomic E-state index is 0.329. The number of carbonyl (C=O) groups is 1. The molecule has 0 bridgehead atoms. The summed E-state index contributed by atoms with van der Waals surface area (Å²) in [6.07, 6.45) is 11.2. The second kappa shape index (κ2) is 5.22. The van der Waals surface area contributed by atoms with Gasteiger partial charge in [-0.3, -0.25) is 9.69 Å². The minimum atomic E-state index is 0.329. The Morgan fingerprint density at radius 1 is 1.28 bits per heavy atom. The Balaban J connectivity index is 1.59. The summed E-state index contributed by atoms with van der Waals surface area (Å²) in [6, 6.07) is 0.517. The maximum atomic E-state index is 11.9. The lowest BCUT2D eigenvalue weighted by Crippen LogP contribution is -2.39. The van der Waals surface area contributed by atoms with E-state index in [1.807, 2.05) is 18.7 Å². The number of Topliss-reactive ketones (excluding diaryl/α,β-unsaturated/α-hetero) is 1. The van der Waals surface area contributed by atoms with Crippen LogP contribution in [0, 0.1) is 5.92 Å². The fraction of sp³-hybridized carbons (Fsp3) is 0.714. The molecule has 0 spiro atoms. The predicted octanol–water partition coefficient (Wildman–Crippen LogP) is 1.72. The largest absolute Gasteiger partial charge is 0.336 e. The maximum Gasteiger partial charge on any atom is 0.137 e. The van der Waals surface area contributed by atoms with Crippen LogP contribution in [0.2, 0.25) is 0 Å². The highest BCUT2D eigenvalue weighted by molar-refractivity contribution is 5.83. The van der Waals surface area contributed by atoms with E-state index in [1.54, 1.807) is 0 Å². The van der Waals surface area contributed by atoms with Crippen molar-refractivity contribution in [2.45, 2.75) is 44.7 Å². The summed E-state index contributed by atoms with van der Waals surface area (Å²) in [6.45, 7) is 3.19. The molecule has 0 N–H and O–H groups in total. The van der Waals surface area contributed by atoms with Gasteiger partial charge in [0.1, 0.15) is 5.78 Å². The number of aromatic nitrogens is 2. The van der Waals surface area contributed by atoms with E-state index >= 15 is 0 Å². The van der Waals surface area contributed by atoms with E-state index in [-0.39, 0.29) is 0 Å². The normalized spacial score (nSPS) is 29.2. The summed E-state index contributed by atoms with van der Waals surface area (Å²) in [5.74, 6) is 0.838. The van der Waals surface area contributed by atoms with Crippen molar-refractivity contribution in [2.24, 2.45) is 5.92 Å². The third kappa shape index (κ3) is 2.34. The van der Waals surface area contributed by atoms with Crippen LogP contribution in [0.1, 0.15) is 32.1 Å². The molecule has 1 aliphatic heterocycles. The lowest BCUT2D eigenvalue weighted by molar-refractivity contribution is -0.122. The number of hydrogen-bond acceptors (Lipinski definition) is 3. The molecule has 1 saturated carbocycles. The van der Waals surface area contributed by atoms with Gasteiger partial charge >= 0.3 is 0 Å². The zero-order valence-electron chi connectivity index (χ0n) is 10.8. The van der Waals surface area contributed by atoms with Gasteiger partial charge in [-0.2, -0.15) is 0 Å². The van der Waals surface area contributed by atoms with Crippen molar-refractivity contribution >= 4 is 5.78 Å². The molecule has 4 nitrogen and oxygen atoms in total. The lowest BCUT2D eigenvalue weighted by atomic mass is 9.95. The Morgan fingerprint density at radius 3 is 2.94 bits per heavy atom. The molecule has 2 unspecified atom stereocenters. The van der Waals surface area contributed by atoms with Gasteiger partial charge in [0.05, 0.1) is 6.33 Å². The Morgan fingerprint density at radius 2 is 2.22 bits per heavy atom. The number of rotatable bonds is 4. The first-order chi connectivity index (χ1) is 8.84. The van der Waals surface area contributed by atoms with E-state index in [1.165, 1.54) is 12.8 Å². The highest BCUT2D eigenvalue weighted by Gasteiger charge is 2.37. The summed E-state index contributed by atoms with van der Waals surface area (Å²) >= 11 is 0. The summed E-state index contributed by atoms with van der Waals surface area (Å²) in [5, 5.41) is 0. The SMILES string of the molecule is O=C1CCCC1C1CCCN1CCn1ccnc1. The lowest BCUT2D eigenvalue weighted by Gasteiger charge is -2.28.